The minimum atomic E-state index is 0.276. The summed E-state index contributed by atoms with van der Waals surface area (Å²) in [6, 6.07) is 9.77. The van der Waals surface area contributed by atoms with E-state index in [0.29, 0.717) is 0 Å². The number of H-pyrrole nitrogens is 1. The van der Waals surface area contributed by atoms with E-state index in [9.17, 15) is 0 Å². The Morgan fingerprint density at radius 2 is 2.04 bits per heavy atom. The van der Waals surface area contributed by atoms with E-state index in [0.717, 1.165) is 52.5 Å². The molecule has 0 saturated carbocycles. The predicted octanol–water partition coefficient (Wildman–Crippen LogP) is 5.06. The van der Waals surface area contributed by atoms with E-state index in [1.165, 1.54) is 0 Å². The molecule has 27 heavy (non-hydrogen) atoms. The fourth-order valence-corrected chi connectivity index (χ4v) is 3.20. The molecule has 6 heteroatoms. The van der Waals surface area contributed by atoms with Crippen molar-refractivity contribution in [2.45, 2.75) is 32.6 Å². The van der Waals surface area contributed by atoms with Crippen LogP contribution in [0.4, 0.5) is 11.6 Å². The molecule has 2 N–H and O–H groups in total. The highest BCUT2D eigenvalue weighted by molar-refractivity contribution is 5.93. The first-order valence-electron chi connectivity index (χ1n) is 9.23. The highest BCUT2D eigenvalue weighted by atomic mass is 15.1. The van der Waals surface area contributed by atoms with Crippen LogP contribution in [0.3, 0.4) is 0 Å². The molecule has 136 valence electrons. The van der Waals surface area contributed by atoms with E-state index in [-0.39, 0.29) is 5.92 Å². The van der Waals surface area contributed by atoms with Crippen LogP contribution in [-0.4, -0.2) is 24.9 Å². The van der Waals surface area contributed by atoms with Crippen LogP contribution in [0.25, 0.3) is 22.2 Å². The molecule has 0 saturated heterocycles. The van der Waals surface area contributed by atoms with E-state index in [4.69, 9.17) is 9.97 Å². The van der Waals surface area contributed by atoms with Gasteiger partial charge < -0.3 is 10.3 Å². The highest BCUT2D eigenvalue weighted by Gasteiger charge is 2.15. The van der Waals surface area contributed by atoms with Crippen molar-refractivity contribution in [3.05, 3.63) is 60.9 Å². The maximum atomic E-state index is 4.87. The third kappa shape index (κ3) is 3.65. The molecule has 0 aromatic carbocycles. The van der Waals surface area contributed by atoms with Crippen LogP contribution in [0, 0.1) is 0 Å². The quantitative estimate of drug-likeness (QED) is 0.503. The summed E-state index contributed by atoms with van der Waals surface area (Å²) in [5, 5.41) is 4.40. The van der Waals surface area contributed by atoms with Crippen LogP contribution < -0.4 is 5.32 Å². The average Bonchev–Trinajstić information content (AvgIpc) is 3.17. The normalized spacial score (nSPS) is 12.2. The molecule has 1 unspecified atom stereocenters. The van der Waals surface area contributed by atoms with Gasteiger partial charge in [0.15, 0.2) is 0 Å². The lowest BCUT2D eigenvalue weighted by molar-refractivity contribution is 0.628. The lowest BCUT2D eigenvalue weighted by Crippen LogP contribution is -2.06. The van der Waals surface area contributed by atoms with Gasteiger partial charge in [-0.25, -0.2) is 15.0 Å². The number of aromatic amines is 1. The summed E-state index contributed by atoms with van der Waals surface area (Å²) in [7, 11) is 0. The molecule has 4 aromatic rings. The predicted molar refractivity (Wildman–Crippen MR) is 108 cm³/mol. The monoisotopic (exact) mass is 358 g/mol. The first-order chi connectivity index (χ1) is 13.2. The number of rotatable bonds is 6. The zero-order chi connectivity index (χ0) is 18.6. The van der Waals surface area contributed by atoms with Crippen LogP contribution in [-0.2, 0) is 0 Å². The molecule has 0 fully saturated rings. The smallest absolute Gasteiger partial charge is 0.135 e. The zero-order valence-electron chi connectivity index (χ0n) is 15.5. The number of hydrogen-bond donors (Lipinski definition) is 2. The van der Waals surface area contributed by atoms with Gasteiger partial charge in [-0.05, 0) is 24.6 Å². The van der Waals surface area contributed by atoms with E-state index in [2.05, 4.69) is 40.2 Å². The van der Waals surface area contributed by atoms with Crippen molar-refractivity contribution in [3.8, 4) is 11.3 Å². The van der Waals surface area contributed by atoms with Crippen LogP contribution in [0.15, 0.2) is 55.1 Å². The minimum absolute atomic E-state index is 0.276. The average molecular weight is 358 g/mol. The van der Waals surface area contributed by atoms with E-state index in [1.807, 2.05) is 42.9 Å². The molecule has 4 aromatic heterocycles. The largest absolute Gasteiger partial charge is 0.360 e. The number of pyridine rings is 2. The van der Waals surface area contributed by atoms with E-state index < -0.39 is 0 Å². The van der Waals surface area contributed by atoms with Gasteiger partial charge in [-0.2, -0.15) is 0 Å². The lowest BCUT2D eigenvalue weighted by atomic mass is 10.0. The van der Waals surface area contributed by atoms with Crippen molar-refractivity contribution in [1.29, 1.82) is 0 Å². The van der Waals surface area contributed by atoms with E-state index >= 15 is 0 Å². The number of aromatic nitrogens is 5. The third-order valence-electron chi connectivity index (χ3n) is 4.58. The molecule has 6 nitrogen and oxygen atoms in total. The van der Waals surface area contributed by atoms with Gasteiger partial charge in [0, 0.05) is 41.5 Å². The van der Waals surface area contributed by atoms with Gasteiger partial charge in [0.25, 0.3) is 0 Å². The summed E-state index contributed by atoms with van der Waals surface area (Å²) in [5.74, 6) is 2.61. The Hall–Kier alpha value is -3.28. The van der Waals surface area contributed by atoms with Gasteiger partial charge in [0.2, 0.25) is 0 Å². The Morgan fingerprint density at radius 3 is 2.85 bits per heavy atom. The van der Waals surface area contributed by atoms with Crippen molar-refractivity contribution in [3.63, 3.8) is 0 Å². The molecule has 0 spiro atoms. The van der Waals surface area contributed by atoms with Gasteiger partial charge in [0.05, 0.1) is 17.4 Å². The summed E-state index contributed by atoms with van der Waals surface area (Å²) < 4.78 is 0. The highest BCUT2D eigenvalue weighted by Crippen LogP contribution is 2.29. The number of nitrogens with one attached hydrogen (secondary N) is 2. The number of anilines is 2. The van der Waals surface area contributed by atoms with Crippen molar-refractivity contribution < 1.29 is 0 Å². The molecule has 0 bridgehead atoms. The second-order valence-corrected chi connectivity index (χ2v) is 6.65. The summed E-state index contributed by atoms with van der Waals surface area (Å²) in [6.07, 6.45) is 9.50. The Bertz CT molecular complexity index is 1040. The van der Waals surface area contributed by atoms with Crippen molar-refractivity contribution in [2.24, 2.45) is 0 Å². The van der Waals surface area contributed by atoms with Gasteiger partial charge >= 0.3 is 0 Å². The van der Waals surface area contributed by atoms with Crippen molar-refractivity contribution in [1.82, 2.24) is 24.9 Å². The standard InChI is InChI=1S/C21H22N6/c1-3-6-14(2)21-25-17(16-12-22-13-18-15(16)8-10-23-18)11-20(27-21)26-19-7-4-5-9-24-19/h4-5,7-14,23H,3,6H2,1-2H3,(H,24,25,26,27). The van der Waals surface area contributed by atoms with Crippen LogP contribution in [0.2, 0.25) is 0 Å². The van der Waals surface area contributed by atoms with E-state index in [1.54, 1.807) is 6.20 Å². The van der Waals surface area contributed by atoms with Crippen LogP contribution in [0.5, 0.6) is 0 Å². The second-order valence-electron chi connectivity index (χ2n) is 6.65. The maximum absolute atomic E-state index is 4.87. The molecule has 1 atom stereocenters. The topological polar surface area (TPSA) is 79.4 Å². The van der Waals surface area contributed by atoms with Crippen LogP contribution >= 0.6 is 0 Å². The summed E-state index contributed by atoms with van der Waals surface area (Å²) in [6.45, 7) is 4.35. The number of fused-ring (bicyclic) bond motifs is 1. The Labute approximate surface area is 158 Å². The van der Waals surface area contributed by atoms with Crippen molar-refractivity contribution >= 4 is 22.5 Å². The fraction of sp³-hybridized carbons (Fsp3) is 0.238. The molecular formula is C21H22N6. The van der Waals surface area contributed by atoms with Crippen molar-refractivity contribution in [2.75, 3.05) is 5.32 Å². The van der Waals surface area contributed by atoms with Gasteiger partial charge in [0.1, 0.15) is 17.5 Å². The maximum Gasteiger partial charge on any atom is 0.135 e. The minimum Gasteiger partial charge on any atom is -0.360 e. The number of hydrogen-bond acceptors (Lipinski definition) is 5. The second kappa shape index (κ2) is 7.53. The third-order valence-corrected chi connectivity index (χ3v) is 4.58. The fourth-order valence-electron chi connectivity index (χ4n) is 3.20. The Balaban J connectivity index is 1.81. The molecule has 0 aliphatic carbocycles. The first kappa shape index (κ1) is 17.1. The summed E-state index contributed by atoms with van der Waals surface area (Å²) in [4.78, 5) is 21.5. The Kier molecular flexibility index (Phi) is 4.78. The van der Waals surface area contributed by atoms with Gasteiger partial charge in [-0.15, -0.1) is 0 Å². The Morgan fingerprint density at radius 1 is 1.11 bits per heavy atom. The van der Waals surface area contributed by atoms with Crippen LogP contribution in [0.1, 0.15) is 38.4 Å². The molecule has 4 heterocycles. The molecule has 0 amide bonds. The van der Waals surface area contributed by atoms with Gasteiger partial charge in [-0.1, -0.05) is 26.3 Å². The molecule has 0 radical (unpaired) electrons. The molecular weight excluding hydrogens is 336 g/mol. The zero-order valence-corrected chi connectivity index (χ0v) is 15.5. The first-order valence-corrected chi connectivity index (χ1v) is 9.23. The molecule has 4 rings (SSSR count). The number of nitrogens with zero attached hydrogens (tertiary/aromatic N) is 4. The SMILES string of the molecule is CCCC(C)c1nc(Nc2ccccn2)cc(-c2cncc3[nH]ccc23)n1. The lowest BCUT2D eigenvalue weighted by Gasteiger charge is -2.14. The molecule has 0 aliphatic heterocycles. The molecule has 0 aliphatic rings. The van der Waals surface area contributed by atoms with Gasteiger partial charge in [-0.3, -0.25) is 4.98 Å². The summed E-state index contributed by atoms with van der Waals surface area (Å²) >= 11 is 0. The summed E-state index contributed by atoms with van der Waals surface area (Å²) in [5.41, 5.74) is 2.85.